The molecule has 0 aromatic rings. The van der Waals surface area contributed by atoms with E-state index in [9.17, 15) is 14.4 Å². The number of carbonyl (C=O) groups is 3. The lowest BCUT2D eigenvalue weighted by atomic mass is 9.45. The zero-order chi connectivity index (χ0) is 26.3. The Morgan fingerprint density at radius 2 is 1.69 bits per heavy atom. The molecule has 4 aliphatic carbocycles. The van der Waals surface area contributed by atoms with Gasteiger partial charge >= 0.3 is 17.9 Å². The molecule has 10 atom stereocenters. The number of ether oxygens (including phenoxy) is 3. The molecule has 36 heavy (non-hydrogen) atoms. The number of rotatable bonds is 7. The Hall–Kier alpha value is -1.85. The van der Waals surface area contributed by atoms with Gasteiger partial charge in [-0.25, -0.2) is 0 Å². The van der Waals surface area contributed by atoms with Crippen LogP contribution in [0.2, 0.25) is 0 Å². The molecule has 3 fully saturated rings. The highest BCUT2D eigenvalue weighted by molar-refractivity contribution is 5.69. The zero-order valence-corrected chi connectivity index (χ0v) is 23.1. The summed E-state index contributed by atoms with van der Waals surface area (Å²) in [6, 6.07) is 0. The quantitative estimate of drug-likeness (QED) is 0.246. The van der Waals surface area contributed by atoms with Crippen LogP contribution >= 0.6 is 0 Å². The zero-order valence-electron chi connectivity index (χ0n) is 23.1. The van der Waals surface area contributed by atoms with Crippen LogP contribution in [0.15, 0.2) is 12.2 Å². The maximum Gasteiger partial charge on any atom is 0.305 e. The van der Waals surface area contributed by atoms with Crippen molar-refractivity contribution >= 4 is 17.9 Å². The van der Waals surface area contributed by atoms with Gasteiger partial charge in [0.15, 0.2) is 0 Å². The van der Waals surface area contributed by atoms with Gasteiger partial charge in [-0.3, -0.25) is 14.4 Å². The first-order valence-corrected chi connectivity index (χ1v) is 14.2. The minimum atomic E-state index is -0.199. The topological polar surface area (TPSA) is 78.9 Å². The van der Waals surface area contributed by atoms with Crippen molar-refractivity contribution in [3.8, 4) is 0 Å². The van der Waals surface area contributed by atoms with E-state index in [0.29, 0.717) is 48.5 Å². The number of hydrogen-bond donors (Lipinski definition) is 0. The first kappa shape index (κ1) is 27.2. The van der Waals surface area contributed by atoms with Crippen LogP contribution in [0.4, 0.5) is 0 Å². The molecule has 0 bridgehead atoms. The second-order valence-corrected chi connectivity index (χ2v) is 12.5. The monoisotopic (exact) mass is 502 g/mol. The van der Waals surface area contributed by atoms with Crippen LogP contribution in [0.1, 0.15) is 92.9 Å². The molecular formula is C30H46O6. The third kappa shape index (κ3) is 4.86. The highest BCUT2D eigenvalue weighted by atomic mass is 16.5. The standard InChI is InChI=1S/C30H46O6/c1-7-34-28(33)13-8-18(2)24-11-12-25-23-10-9-21-16-22(35-19(3)31)14-15-29(21,5)26(23)17-27(30(24,25)6)36-20(4)32/h9-10,18,21-27H,7-8,11-17H2,1-6H3/t18?,21-,22?,23?,24-,25?,26?,27+,29+,30-/m1/s1. The maximum atomic E-state index is 12.3. The van der Waals surface area contributed by atoms with Gasteiger partial charge < -0.3 is 14.2 Å². The molecule has 0 spiro atoms. The van der Waals surface area contributed by atoms with E-state index in [2.05, 4.69) is 32.9 Å². The van der Waals surface area contributed by atoms with Crippen molar-refractivity contribution in [2.75, 3.05) is 6.61 Å². The molecule has 202 valence electrons. The van der Waals surface area contributed by atoms with E-state index in [0.717, 1.165) is 44.9 Å². The largest absolute Gasteiger partial charge is 0.466 e. The molecule has 4 rings (SSSR count). The number of esters is 3. The molecular weight excluding hydrogens is 456 g/mol. The fourth-order valence-electron chi connectivity index (χ4n) is 8.98. The van der Waals surface area contributed by atoms with Gasteiger partial charge in [0.2, 0.25) is 0 Å². The lowest BCUT2D eigenvalue weighted by Crippen LogP contribution is -2.58. The molecule has 0 amide bonds. The molecule has 0 N–H and O–H groups in total. The first-order valence-electron chi connectivity index (χ1n) is 14.2. The maximum absolute atomic E-state index is 12.3. The Bertz CT molecular complexity index is 881. The summed E-state index contributed by atoms with van der Waals surface area (Å²) in [7, 11) is 0. The van der Waals surface area contributed by atoms with E-state index in [1.54, 1.807) is 0 Å². The summed E-state index contributed by atoms with van der Waals surface area (Å²) in [6.07, 6.45) is 11.9. The lowest BCUT2D eigenvalue weighted by molar-refractivity contribution is -0.183. The van der Waals surface area contributed by atoms with E-state index >= 15 is 0 Å². The highest BCUT2D eigenvalue weighted by Crippen LogP contribution is 2.67. The molecule has 5 unspecified atom stereocenters. The number of fused-ring (bicyclic) bond motifs is 5. The van der Waals surface area contributed by atoms with Crippen LogP contribution in [-0.2, 0) is 28.6 Å². The average Bonchev–Trinajstić information content (AvgIpc) is 3.16. The molecule has 0 aromatic carbocycles. The van der Waals surface area contributed by atoms with Crippen LogP contribution in [-0.4, -0.2) is 36.7 Å². The lowest BCUT2D eigenvalue weighted by Gasteiger charge is -2.61. The van der Waals surface area contributed by atoms with Gasteiger partial charge in [0.05, 0.1) is 6.61 Å². The predicted molar refractivity (Wildman–Crippen MR) is 137 cm³/mol. The molecule has 6 nitrogen and oxygen atoms in total. The summed E-state index contributed by atoms with van der Waals surface area (Å²) in [5, 5.41) is 0. The third-order valence-corrected chi connectivity index (χ3v) is 10.7. The number of allylic oxidation sites excluding steroid dienone is 2. The van der Waals surface area contributed by atoms with Crippen molar-refractivity contribution < 1.29 is 28.6 Å². The van der Waals surface area contributed by atoms with Crippen molar-refractivity contribution in [2.24, 2.45) is 46.3 Å². The van der Waals surface area contributed by atoms with Crippen LogP contribution in [0.5, 0.6) is 0 Å². The number of carbonyl (C=O) groups excluding carboxylic acids is 3. The minimum Gasteiger partial charge on any atom is -0.466 e. The molecule has 3 saturated carbocycles. The smallest absolute Gasteiger partial charge is 0.305 e. The second-order valence-electron chi connectivity index (χ2n) is 12.5. The van der Waals surface area contributed by atoms with Gasteiger partial charge in [0.1, 0.15) is 12.2 Å². The van der Waals surface area contributed by atoms with E-state index in [1.807, 2.05) is 6.92 Å². The van der Waals surface area contributed by atoms with Crippen LogP contribution in [0, 0.1) is 46.3 Å². The normalized spacial score (nSPS) is 41.9. The van der Waals surface area contributed by atoms with E-state index < -0.39 is 0 Å². The van der Waals surface area contributed by atoms with Gasteiger partial charge in [-0.2, -0.15) is 0 Å². The Balaban J connectivity index is 1.59. The molecule has 0 saturated heterocycles. The van der Waals surface area contributed by atoms with Crippen molar-refractivity contribution in [1.82, 2.24) is 0 Å². The van der Waals surface area contributed by atoms with Gasteiger partial charge in [-0.05, 0) is 92.8 Å². The highest BCUT2D eigenvalue weighted by Gasteiger charge is 2.64. The Labute approximate surface area is 216 Å². The predicted octanol–water partition coefficient (Wildman–Crippen LogP) is 5.87. The van der Waals surface area contributed by atoms with E-state index in [1.165, 1.54) is 13.8 Å². The second kappa shape index (κ2) is 10.5. The Kier molecular flexibility index (Phi) is 7.92. The SMILES string of the molecule is CCOC(=O)CCC(C)[C@H]1CCC2C3C=C[C@@H]4CC(OC(C)=O)CC[C@]4(C)C3C[C@H](OC(C)=O)[C@@]21C. The van der Waals surface area contributed by atoms with E-state index in [-0.39, 0.29) is 40.9 Å². The van der Waals surface area contributed by atoms with Gasteiger partial charge in [0.25, 0.3) is 0 Å². The Morgan fingerprint density at radius 1 is 0.972 bits per heavy atom. The average molecular weight is 503 g/mol. The minimum absolute atomic E-state index is 0.00370. The van der Waals surface area contributed by atoms with Gasteiger partial charge in [-0.1, -0.05) is 32.9 Å². The van der Waals surface area contributed by atoms with Crippen molar-refractivity contribution in [3.63, 3.8) is 0 Å². The summed E-state index contributed by atoms with van der Waals surface area (Å²) >= 11 is 0. The summed E-state index contributed by atoms with van der Waals surface area (Å²) in [6.45, 7) is 12.3. The van der Waals surface area contributed by atoms with Crippen molar-refractivity contribution in [1.29, 1.82) is 0 Å². The van der Waals surface area contributed by atoms with Crippen molar-refractivity contribution in [3.05, 3.63) is 12.2 Å². The number of hydrogen-bond acceptors (Lipinski definition) is 6. The molecule has 6 heteroatoms. The van der Waals surface area contributed by atoms with E-state index in [4.69, 9.17) is 14.2 Å². The van der Waals surface area contributed by atoms with Gasteiger partial charge in [-0.15, -0.1) is 0 Å². The van der Waals surface area contributed by atoms with Crippen LogP contribution in [0.3, 0.4) is 0 Å². The Morgan fingerprint density at radius 3 is 2.36 bits per heavy atom. The summed E-state index contributed by atoms with van der Waals surface area (Å²) in [4.78, 5) is 35.9. The molecule has 0 radical (unpaired) electrons. The molecule has 0 aliphatic heterocycles. The summed E-state index contributed by atoms with van der Waals surface area (Å²) in [5.41, 5.74) is 0.00675. The fourth-order valence-corrected chi connectivity index (χ4v) is 8.98. The summed E-state index contributed by atoms with van der Waals surface area (Å²) in [5.74, 6) is 1.99. The first-order chi connectivity index (χ1) is 17.0. The molecule has 0 aromatic heterocycles. The third-order valence-electron chi connectivity index (χ3n) is 10.7. The van der Waals surface area contributed by atoms with Crippen LogP contribution < -0.4 is 0 Å². The van der Waals surface area contributed by atoms with Gasteiger partial charge in [0, 0.05) is 25.7 Å². The summed E-state index contributed by atoms with van der Waals surface area (Å²) < 4.78 is 17.0. The fraction of sp³-hybridized carbons (Fsp3) is 0.833. The van der Waals surface area contributed by atoms with Crippen LogP contribution in [0.25, 0.3) is 0 Å². The van der Waals surface area contributed by atoms with Crippen molar-refractivity contribution in [2.45, 2.75) is 105 Å². The molecule has 0 heterocycles. The molecule has 4 aliphatic rings.